The van der Waals surface area contributed by atoms with E-state index in [9.17, 15) is 13.2 Å². The van der Waals surface area contributed by atoms with Crippen molar-refractivity contribution in [1.29, 1.82) is 0 Å². The molecule has 2 aromatic carbocycles. The molecule has 0 unspecified atom stereocenters. The molecule has 0 saturated carbocycles. The average molecular weight is 392 g/mol. The van der Waals surface area contributed by atoms with Crippen molar-refractivity contribution < 1.29 is 22.7 Å². The summed E-state index contributed by atoms with van der Waals surface area (Å²) >= 11 is 0. The highest BCUT2D eigenvalue weighted by Crippen LogP contribution is 2.13. The van der Waals surface area contributed by atoms with Crippen LogP contribution in [0, 0.1) is 6.92 Å². The van der Waals surface area contributed by atoms with Crippen molar-refractivity contribution in [2.45, 2.75) is 11.8 Å². The van der Waals surface area contributed by atoms with E-state index in [-0.39, 0.29) is 29.5 Å². The van der Waals surface area contributed by atoms with Gasteiger partial charge in [0.2, 0.25) is 10.0 Å². The van der Waals surface area contributed by atoms with E-state index in [1.165, 1.54) is 25.3 Å². The second-order valence-electron chi connectivity index (χ2n) is 5.84. The van der Waals surface area contributed by atoms with Gasteiger partial charge in [-0.15, -0.1) is 0 Å². The lowest BCUT2D eigenvalue weighted by molar-refractivity contribution is 0.0946. The average Bonchev–Trinajstić information content (AvgIpc) is 2.65. The first-order valence-electron chi connectivity index (χ1n) is 8.49. The van der Waals surface area contributed by atoms with Gasteiger partial charge in [-0.2, -0.15) is 0 Å². The van der Waals surface area contributed by atoms with E-state index in [4.69, 9.17) is 9.47 Å². The molecule has 8 heteroatoms. The number of rotatable bonds is 10. The Hall–Kier alpha value is -2.42. The maximum Gasteiger partial charge on any atom is 0.251 e. The van der Waals surface area contributed by atoms with E-state index in [1.54, 1.807) is 6.07 Å². The zero-order valence-corrected chi connectivity index (χ0v) is 16.2. The molecule has 0 heterocycles. The third kappa shape index (κ3) is 6.67. The van der Waals surface area contributed by atoms with Crippen LogP contribution in [-0.2, 0) is 14.8 Å². The van der Waals surface area contributed by atoms with Gasteiger partial charge in [0.25, 0.3) is 5.91 Å². The number of carbonyl (C=O) groups is 1. The molecule has 0 atom stereocenters. The molecule has 146 valence electrons. The van der Waals surface area contributed by atoms with Crippen molar-refractivity contribution in [1.82, 2.24) is 10.0 Å². The molecule has 0 radical (unpaired) electrons. The first-order chi connectivity index (χ1) is 12.9. The third-order valence-electron chi connectivity index (χ3n) is 3.65. The molecule has 0 aromatic heterocycles. The second kappa shape index (κ2) is 10.1. The summed E-state index contributed by atoms with van der Waals surface area (Å²) in [4.78, 5) is 12.3. The number of sulfonamides is 1. The van der Waals surface area contributed by atoms with E-state index in [0.29, 0.717) is 13.2 Å². The molecule has 2 N–H and O–H groups in total. The Bertz CT molecular complexity index is 868. The Balaban J connectivity index is 1.89. The van der Waals surface area contributed by atoms with E-state index >= 15 is 0 Å². The van der Waals surface area contributed by atoms with Gasteiger partial charge in [0.1, 0.15) is 12.4 Å². The Morgan fingerprint density at radius 1 is 1.04 bits per heavy atom. The summed E-state index contributed by atoms with van der Waals surface area (Å²) in [5, 5.41) is 2.72. The summed E-state index contributed by atoms with van der Waals surface area (Å²) in [6.45, 7) is 3.01. The molecule has 0 aliphatic heterocycles. The zero-order valence-electron chi connectivity index (χ0n) is 15.4. The predicted molar refractivity (Wildman–Crippen MR) is 103 cm³/mol. The van der Waals surface area contributed by atoms with Crippen LogP contribution in [0.3, 0.4) is 0 Å². The van der Waals surface area contributed by atoms with Crippen LogP contribution < -0.4 is 14.8 Å². The monoisotopic (exact) mass is 392 g/mol. The minimum Gasteiger partial charge on any atom is -0.492 e. The molecule has 0 aliphatic carbocycles. The van der Waals surface area contributed by atoms with Crippen LogP contribution in [0.4, 0.5) is 0 Å². The van der Waals surface area contributed by atoms with E-state index in [0.717, 1.165) is 11.3 Å². The first-order valence-corrected chi connectivity index (χ1v) is 9.97. The van der Waals surface area contributed by atoms with Crippen LogP contribution in [0.2, 0.25) is 0 Å². The van der Waals surface area contributed by atoms with Gasteiger partial charge in [0.05, 0.1) is 18.0 Å². The van der Waals surface area contributed by atoms with Crippen LogP contribution in [0.1, 0.15) is 15.9 Å². The highest BCUT2D eigenvalue weighted by molar-refractivity contribution is 7.89. The van der Waals surface area contributed by atoms with Crippen LogP contribution in [-0.4, -0.2) is 47.7 Å². The third-order valence-corrected chi connectivity index (χ3v) is 5.11. The van der Waals surface area contributed by atoms with Gasteiger partial charge in [-0.1, -0.05) is 18.2 Å². The van der Waals surface area contributed by atoms with Gasteiger partial charge in [0.15, 0.2) is 0 Å². The Labute approximate surface area is 159 Å². The van der Waals surface area contributed by atoms with E-state index in [2.05, 4.69) is 10.0 Å². The summed E-state index contributed by atoms with van der Waals surface area (Å²) < 4.78 is 37.2. The topological polar surface area (TPSA) is 93.7 Å². The largest absolute Gasteiger partial charge is 0.492 e. The fourth-order valence-corrected chi connectivity index (χ4v) is 3.37. The molecule has 0 aliphatic rings. The minimum atomic E-state index is -3.69. The Kier molecular flexibility index (Phi) is 7.78. The SMILES string of the molecule is COCCNS(=O)(=O)c1cccc(C(=O)NCCOc2cccc(C)c2)c1. The molecule has 2 rings (SSSR count). The lowest BCUT2D eigenvalue weighted by Gasteiger charge is -2.10. The highest BCUT2D eigenvalue weighted by Gasteiger charge is 2.15. The van der Waals surface area contributed by atoms with E-state index < -0.39 is 10.0 Å². The molecule has 1 amide bonds. The van der Waals surface area contributed by atoms with Crippen LogP contribution in [0.25, 0.3) is 0 Å². The van der Waals surface area contributed by atoms with Crippen molar-refractivity contribution >= 4 is 15.9 Å². The molecule has 0 saturated heterocycles. The van der Waals surface area contributed by atoms with Gasteiger partial charge in [-0.05, 0) is 42.8 Å². The number of ether oxygens (including phenoxy) is 2. The highest BCUT2D eigenvalue weighted by atomic mass is 32.2. The number of amides is 1. The first kappa shape index (κ1) is 20.9. The number of aryl methyl sites for hydroxylation is 1. The summed E-state index contributed by atoms with van der Waals surface area (Å²) in [6, 6.07) is 13.5. The molecule has 0 bridgehead atoms. The number of benzene rings is 2. The second-order valence-corrected chi connectivity index (χ2v) is 7.61. The Morgan fingerprint density at radius 2 is 1.81 bits per heavy atom. The fraction of sp³-hybridized carbons (Fsp3) is 0.316. The van der Waals surface area contributed by atoms with Crippen molar-refractivity contribution in [2.75, 3.05) is 33.4 Å². The summed E-state index contributed by atoms with van der Waals surface area (Å²) in [7, 11) is -2.20. The number of methoxy groups -OCH3 is 1. The van der Waals surface area contributed by atoms with Gasteiger partial charge >= 0.3 is 0 Å². The van der Waals surface area contributed by atoms with Gasteiger partial charge < -0.3 is 14.8 Å². The van der Waals surface area contributed by atoms with Crippen LogP contribution in [0.15, 0.2) is 53.4 Å². The van der Waals surface area contributed by atoms with Crippen molar-refractivity contribution in [2.24, 2.45) is 0 Å². The summed E-state index contributed by atoms with van der Waals surface area (Å²) in [5.74, 6) is 0.372. The quantitative estimate of drug-likeness (QED) is 0.601. The minimum absolute atomic E-state index is 0.0299. The molecule has 2 aromatic rings. The normalized spacial score (nSPS) is 11.2. The molecule has 0 fully saturated rings. The van der Waals surface area contributed by atoms with Crippen molar-refractivity contribution in [3.8, 4) is 5.75 Å². The number of hydrogen-bond acceptors (Lipinski definition) is 5. The standard InChI is InChI=1S/C19H24N2O5S/c1-15-5-3-7-17(13-15)26-12-9-20-19(22)16-6-4-8-18(14-16)27(23,24)21-10-11-25-2/h3-8,13-14,21H,9-12H2,1-2H3,(H,20,22). The molecule has 0 spiro atoms. The molecular formula is C19H24N2O5S. The number of hydrogen-bond donors (Lipinski definition) is 2. The van der Waals surface area contributed by atoms with Gasteiger partial charge in [0, 0.05) is 19.2 Å². The fourth-order valence-electron chi connectivity index (χ4n) is 2.31. The molecule has 7 nitrogen and oxygen atoms in total. The summed E-state index contributed by atoms with van der Waals surface area (Å²) in [5.41, 5.74) is 1.36. The predicted octanol–water partition coefficient (Wildman–Crippen LogP) is 1.73. The number of nitrogens with one attached hydrogen (secondary N) is 2. The van der Waals surface area contributed by atoms with E-state index in [1.807, 2.05) is 31.2 Å². The number of carbonyl (C=O) groups excluding carboxylic acids is 1. The molecular weight excluding hydrogens is 368 g/mol. The summed E-state index contributed by atoms with van der Waals surface area (Å²) in [6.07, 6.45) is 0. The van der Waals surface area contributed by atoms with Crippen LogP contribution in [0.5, 0.6) is 5.75 Å². The van der Waals surface area contributed by atoms with Gasteiger partial charge in [-0.25, -0.2) is 13.1 Å². The maximum atomic E-state index is 12.2. The van der Waals surface area contributed by atoms with Gasteiger partial charge in [-0.3, -0.25) is 4.79 Å². The van der Waals surface area contributed by atoms with Crippen molar-refractivity contribution in [3.63, 3.8) is 0 Å². The van der Waals surface area contributed by atoms with Crippen molar-refractivity contribution in [3.05, 3.63) is 59.7 Å². The lowest BCUT2D eigenvalue weighted by atomic mass is 10.2. The van der Waals surface area contributed by atoms with Crippen LogP contribution >= 0.6 is 0 Å². The zero-order chi connectivity index (χ0) is 19.7. The smallest absolute Gasteiger partial charge is 0.251 e. The maximum absolute atomic E-state index is 12.2. The lowest BCUT2D eigenvalue weighted by Crippen LogP contribution is -2.29. The molecule has 27 heavy (non-hydrogen) atoms. The Morgan fingerprint density at radius 3 is 2.56 bits per heavy atom.